The lowest BCUT2D eigenvalue weighted by Gasteiger charge is -2.21. The maximum Gasteiger partial charge on any atom is 0.164 e. The van der Waals surface area contributed by atoms with Crippen LogP contribution >= 0.6 is 0 Å². The predicted octanol–water partition coefficient (Wildman–Crippen LogP) is 14.3. The van der Waals surface area contributed by atoms with Gasteiger partial charge in [-0.15, -0.1) is 0 Å². The highest BCUT2D eigenvalue weighted by molar-refractivity contribution is 5.83. The molecule has 1 aliphatic rings. The van der Waals surface area contributed by atoms with Crippen molar-refractivity contribution in [3.05, 3.63) is 223 Å². The minimum Gasteiger partial charge on any atom is -0.228 e. The van der Waals surface area contributed by atoms with Gasteiger partial charge >= 0.3 is 0 Å². The van der Waals surface area contributed by atoms with Gasteiger partial charge in [0, 0.05) is 38.8 Å². The van der Waals surface area contributed by atoms with E-state index < -0.39 is 0 Å². The monoisotopic (exact) mass is 807 g/mol. The number of hydrogen-bond acceptors (Lipinski definition) is 5. The normalized spacial score (nSPS) is 12.4. The Bertz CT molecular complexity index is 3270. The van der Waals surface area contributed by atoms with Crippen LogP contribution in [0, 0.1) is 0 Å². The first-order chi connectivity index (χ1) is 30.9. The maximum atomic E-state index is 5.13. The second kappa shape index (κ2) is 15.7. The van der Waals surface area contributed by atoms with Crippen molar-refractivity contribution in [3.63, 3.8) is 0 Å². The van der Waals surface area contributed by atoms with Crippen LogP contribution in [0.1, 0.15) is 25.0 Å². The number of aromatic nitrogens is 5. The molecule has 0 fully saturated rings. The molecule has 63 heavy (non-hydrogen) atoms. The molecule has 0 amide bonds. The lowest BCUT2D eigenvalue weighted by Crippen LogP contribution is -2.15. The SMILES string of the molecule is CC1(C)c2ccccc2-c2ccc(-c3nc(-c4ccccc4)nc(-c4ccc(-c5cccc(-c6cc(-c7ccc(-c8ccccc8)cc7)nc(-c7ccccc7)n6)c5)cc4)n3)cc21. The Hall–Kier alpha value is -8.15. The fraction of sp³-hybridized carbons (Fsp3) is 0.0517. The summed E-state index contributed by atoms with van der Waals surface area (Å²) in [5.41, 5.74) is 17.1. The maximum absolute atomic E-state index is 5.13. The van der Waals surface area contributed by atoms with Gasteiger partial charge in [-0.25, -0.2) is 24.9 Å². The van der Waals surface area contributed by atoms with E-state index in [1.807, 2.05) is 54.6 Å². The number of nitrogens with zero attached hydrogens (tertiary/aromatic N) is 5. The summed E-state index contributed by atoms with van der Waals surface area (Å²) in [6.07, 6.45) is 0. The first-order valence-corrected chi connectivity index (χ1v) is 21.3. The Balaban J connectivity index is 0.939. The minimum atomic E-state index is -0.137. The van der Waals surface area contributed by atoms with Crippen molar-refractivity contribution in [2.75, 3.05) is 0 Å². The second-order valence-electron chi connectivity index (χ2n) is 16.5. The number of rotatable bonds is 8. The van der Waals surface area contributed by atoms with E-state index in [0.717, 1.165) is 61.5 Å². The largest absolute Gasteiger partial charge is 0.228 e. The number of fused-ring (bicyclic) bond motifs is 3. The molecule has 298 valence electrons. The second-order valence-corrected chi connectivity index (χ2v) is 16.5. The van der Waals surface area contributed by atoms with Gasteiger partial charge in [0.1, 0.15) is 0 Å². The first-order valence-electron chi connectivity index (χ1n) is 21.3. The highest BCUT2D eigenvalue weighted by Crippen LogP contribution is 2.49. The van der Waals surface area contributed by atoms with Crippen LogP contribution in [-0.4, -0.2) is 24.9 Å². The topological polar surface area (TPSA) is 64.5 Å². The van der Waals surface area contributed by atoms with Crippen LogP contribution in [0.4, 0.5) is 0 Å². The highest BCUT2D eigenvalue weighted by Gasteiger charge is 2.35. The summed E-state index contributed by atoms with van der Waals surface area (Å²) in [4.78, 5) is 25.4. The molecule has 0 atom stereocenters. The molecule has 2 aromatic heterocycles. The average molecular weight is 808 g/mol. The van der Waals surface area contributed by atoms with Gasteiger partial charge in [-0.05, 0) is 62.7 Å². The van der Waals surface area contributed by atoms with Gasteiger partial charge in [0.25, 0.3) is 0 Å². The highest BCUT2D eigenvalue weighted by atomic mass is 15.0. The third-order valence-corrected chi connectivity index (χ3v) is 12.2. The first kappa shape index (κ1) is 37.8. The minimum absolute atomic E-state index is 0.137. The molecule has 11 rings (SSSR count). The molecule has 0 spiro atoms. The van der Waals surface area contributed by atoms with E-state index in [0.29, 0.717) is 23.3 Å². The van der Waals surface area contributed by atoms with Crippen molar-refractivity contribution < 1.29 is 0 Å². The number of hydrogen-bond donors (Lipinski definition) is 0. The molecule has 2 heterocycles. The summed E-state index contributed by atoms with van der Waals surface area (Å²) in [7, 11) is 0. The van der Waals surface area contributed by atoms with Gasteiger partial charge in [-0.1, -0.05) is 208 Å². The fourth-order valence-electron chi connectivity index (χ4n) is 8.79. The van der Waals surface area contributed by atoms with E-state index in [1.54, 1.807) is 0 Å². The van der Waals surface area contributed by atoms with Crippen molar-refractivity contribution in [2.45, 2.75) is 19.3 Å². The van der Waals surface area contributed by atoms with E-state index in [4.69, 9.17) is 24.9 Å². The van der Waals surface area contributed by atoms with Crippen molar-refractivity contribution in [2.24, 2.45) is 0 Å². The van der Waals surface area contributed by atoms with Crippen LogP contribution in [0.3, 0.4) is 0 Å². The van der Waals surface area contributed by atoms with Crippen molar-refractivity contribution in [1.82, 2.24) is 24.9 Å². The standard InChI is InChI=1S/C58H41N5/c1-58(2)50-24-13-12-23-48(50)49-34-33-47(36-51(49)58)57-62-55(43-19-10-5-11-20-43)61-56(63-57)44-31-27-40(28-32-44)45-21-14-22-46(35-45)53-37-52(59-54(60-53)42-17-8-4-9-18-42)41-29-25-39(26-30-41)38-15-6-3-7-16-38/h3-37H,1-2H3. The predicted molar refractivity (Wildman–Crippen MR) is 256 cm³/mol. The van der Waals surface area contributed by atoms with Crippen LogP contribution in [0.2, 0.25) is 0 Å². The van der Waals surface area contributed by atoms with E-state index in [-0.39, 0.29) is 5.41 Å². The van der Waals surface area contributed by atoms with Gasteiger partial charge in [0.2, 0.25) is 0 Å². The van der Waals surface area contributed by atoms with Crippen LogP contribution in [0.5, 0.6) is 0 Å². The van der Waals surface area contributed by atoms with Crippen molar-refractivity contribution in [1.29, 1.82) is 0 Å². The molecule has 0 N–H and O–H groups in total. The molecule has 5 heteroatoms. The molecule has 0 aliphatic heterocycles. The van der Waals surface area contributed by atoms with Crippen molar-refractivity contribution in [3.8, 4) is 101 Å². The molecule has 0 radical (unpaired) electrons. The quantitative estimate of drug-likeness (QED) is 0.153. The summed E-state index contributed by atoms with van der Waals surface area (Å²) in [5, 5.41) is 0. The third-order valence-electron chi connectivity index (χ3n) is 12.2. The summed E-state index contributed by atoms with van der Waals surface area (Å²) in [5.74, 6) is 2.60. The lowest BCUT2D eigenvalue weighted by atomic mass is 9.82. The molecule has 1 aliphatic carbocycles. The van der Waals surface area contributed by atoms with Gasteiger partial charge < -0.3 is 0 Å². The summed E-state index contributed by atoms with van der Waals surface area (Å²) in [6.45, 7) is 4.59. The Morgan fingerprint density at radius 1 is 0.254 bits per heavy atom. The Morgan fingerprint density at radius 3 is 1.29 bits per heavy atom. The molecule has 10 aromatic rings. The molecule has 5 nitrogen and oxygen atoms in total. The van der Waals surface area contributed by atoms with Gasteiger partial charge in [0.15, 0.2) is 23.3 Å². The van der Waals surface area contributed by atoms with Crippen LogP contribution in [0.15, 0.2) is 212 Å². The smallest absolute Gasteiger partial charge is 0.164 e. The van der Waals surface area contributed by atoms with Crippen LogP contribution in [0.25, 0.3) is 101 Å². The van der Waals surface area contributed by atoms with E-state index >= 15 is 0 Å². The lowest BCUT2D eigenvalue weighted by molar-refractivity contribution is 0.660. The van der Waals surface area contributed by atoms with E-state index in [1.165, 1.54) is 27.8 Å². The van der Waals surface area contributed by atoms with E-state index in [9.17, 15) is 0 Å². The Morgan fingerprint density at radius 2 is 0.651 bits per heavy atom. The third kappa shape index (κ3) is 7.19. The summed E-state index contributed by atoms with van der Waals surface area (Å²) in [6, 6.07) is 73.9. The van der Waals surface area contributed by atoms with E-state index in [2.05, 4.69) is 172 Å². The molecule has 0 bridgehead atoms. The van der Waals surface area contributed by atoms with Crippen LogP contribution in [-0.2, 0) is 5.41 Å². The summed E-state index contributed by atoms with van der Waals surface area (Å²) < 4.78 is 0. The zero-order chi connectivity index (χ0) is 42.3. The molecular weight excluding hydrogens is 767 g/mol. The average Bonchev–Trinajstić information content (AvgIpc) is 3.59. The number of benzene rings is 8. The van der Waals surface area contributed by atoms with Gasteiger partial charge in [-0.3, -0.25) is 0 Å². The van der Waals surface area contributed by atoms with Crippen molar-refractivity contribution >= 4 is 0 Å². The summed E-state index contributed by atoms with van der Waals surface area (Å²) >= 11 is 0. The molecule has 8 aromatic carbocycles. The Labute approximate surface area is 367 Å². The zero-order valence-corrected chi connectivity index (χ0v) is 34.9. The molecule has 0 unspecified atom stereocenters. The fourth-order valence-corrected chi connectivity index (χ4v) is 8.79. The molecule has 0 saturated carbocycles. The zero-order valence-electron chi connectivity index (χ0n) is 34.9. The molecule has 0 saturated heterocycles. The van der Waals surface area contributed by atoms with Crippen LogP contribution < -0.4 is 0 Å². The Kier molecular flexibility index (Phi) is 9.43. The molecular formula is C58H41N5. The van der Waals surface area contributed by atoms with Gasteiger partial charge in [-0.2, -0.15) is 0 Å². The van der Waals surface area contributed by atoms with Gasteiger partial charge in [0.05, 0.1) is 11.4 Å².